The van der Waals surface area contributed by atoms with Gasteiger partial charge < -0.3 is 5.32 Å². The van der Waals surface area contributed by atoms with Gasteiger partial charge in [0.05, 0.1) is 10.2 Å². The molecule has 6 heteroatoms. The Bertz CT molecular complexity index is 1040. The van der Waals surface area contributed by atoms with Gasteiger partial charge in [-0.2, -0.15) is 0 Å². The van der Waals surface area contributed by atoms with Gasteiger partial charge in [0.15, 0.2) is 5.13 Å². The highest BCUT2D eigenvalue weighted by atomic mass is 35.5. The van der Waals surface area contributed by atoms with Gasteiger partial charge in [-0.1, -0.05) is 53.3 Å². The lowest BCUT2D eigenvalue weighted by Gasteiger charge is -2.04. The van der Waals surface area contributed by atoms with Gasteiger partial charge in [-0.05, 0) is 35.7 Å². The predicted octanol–water partition coefficient (Wildman–Crippen LogP) is 5.75. The van der Waals surface area contributed by atoms with Gasteiger partial charge in [0, 0.05) is 16.1 Å². The fourth-order valence-electron chi connectivity index (χ4n) is 2.51. The number of nitrogens with zero attached hydrogens (tertiary/aromatic N) is 1. The highest BCUT2D eigenvalue weighted by Crippen LogP contribution is 2.31. The van der Waals surface area contributed by atoms with Crippen molar-refractivity contribution in [2.75, 3.05) is 10.6 Å². The Kier molecular flexibility index (Phi) is 3.80. The van der Waals surface area contributed by atoms with Gasteiger partial charge in [-0.25, -0.2) is 9.78 Å². The number of halogens is 1. The molecule has 4 nitrogen and oxygen atoms in total. The molecular formula is C18H12ClN3OS. The summed E-state index contributed by atoms with van der Waals surface area (Å²) >= 11 is 7.28. The maximum atomic E-state index is 12.1. The lowest BCUT2D eigenvalue weighted by molar-refractivity contribution is 0.262. The summed E-state index contributed by atoms with van der Waals surface area (Å²) in [7, 11) is 0. The Labute approximate surface area is 147 Å². The van der Waals surface area contributed by atoms with Crippen LogP contribution in [0.4, 0.5) is 15.6 Å². The minimum absolute atomic E-state index is 0.333. The third kappa shape index (κ3) is 2.91. The molecule has 0 saturated carbocycles. The zero-order valence-electron chi connectivity index (χ0n) is 12.4. The summed E-state index contributed by atoms with van der Waals surface area (Å²) in [5.74, 6) is 0. The predicted molar refractivity (Wildman–Crippen MR) is 101 cm³/mol. The maximum Gasteiger partial charge on any atom is 0.325 e. The monoisotopic (exact) mass is 353 g/mol. The molecule has 0 radical (unpaired) electrons. The molecule has 1 heterocycles. The minimum Gasteiger partial charge on any atom is -0.308 e. The topological polar surface area (TPSA) is 54.0 Å². The lowest BCUT2D eigenvalue weighted by Crippen LogP contribution is -2.19. The molecule has 3 aromatic carbocycles. The summed E-state index contributed by atoms with van der Waals surface area (Å²) in [5, 5.41) is 8.94. The lowest BCUT2D eigenvalue weighted by atomic mass is 10.1. The normalized spacial score (nSPS) is 10.9. The van der Waals surface area contributed by atoms with Crippen molar-refractivity contribution in [1.82, 2.24) is 4.98 Å². The molecule has 2 amide bonds. The standard InChI is InChI=1S/C18H12ClN3OS/c19-12-6-8-13(9-7-12)20-17(23)22-18-21-16-14-4-2-1-3-11(14)5-10-15(16)24-18/h1-10H,(H2,20,21,22,23). The molecule has 0 saturated heterocycles. The number of nitrogens with one attached hydrogen (secondary N) is 2. The van der Waals surface area contributed by atoms with E-state index < -0.39 is 0 Å². The molecule has 2 N–H and O–H groups in total. The van der Waals surface area contributed by atoms with Crippen LogP contribution in [0.2, 0.25) is 5.02 Å². The van der Waals surface area contributed by atoms with Crippen molar-refractivity contribution in [2.24, 2.45) is 0 Å². The SMILES string of the molecule is O=C(Nc1ccc(Cl)cc1)Nc1nc2c(ccc3ccccc32)s1. The second-order valence-electron chi connectivity index (χ2n) is 5.24. The first kappa shape index (κ1) is 14.9. The van der Waals surface area contributed by atoms with Crippen LogP contribution in [0.5, 0.6) is 0 Å². The molecule has 0 spiro atoms. The summed E-state index contributed by atoms with van der Waals surface area (Å²) in [4.78, 5) is 16.7. The molecule has 0 fully saturated rings. The number of amides is 2. The first-order valence-electron chi connectivity index (χ1n) is 7.31. The molecule has 1 aromatic heterocycles. The Balaban J connectivity index is 1.59. The Morgan fingerprint density at radius 1 is 0.958 bits per heavy atom. The summed E-state index contributed by atoms with van der Waals surface area (Å²) in [6, 6.07) is 18.8. The zero-order chi connectivity index (χ0) is 16.5. The number of benzene rings is 3. The highest BCUT2D eigenvalue weighted by Gasteiger charge is 2.10. The van der Waals surface area contributed by atoms with E-state index >= 15 is 0 Å². The van der Waals surface area contributed by atoms with Crippen molar-refractivity contribution in [3.05, 3.63) is 65.7 Å². The molecule has 24 heavy (non-hydrogen) atoms. The number of carbonyl (C=O) groups is 1. The van der Waals surface area contributed by atoms with E-state index in [0.717, 1.165) is 21.0 Å². The Morgan fingerprint density at radius 2 is 1.75 bits per heavy atom. The molecule has 4 rings (SSSR count). The maximum absolute atomic E-state index is 12.1. The van der Waals surface area contributed by atoms with E-state index in [-0.39, 0.29) is 6.03 Å². The van der Waals surface area contributed by atoms with Crippen LogP contribution in [-0.2, 0) is 0 Å². The van der Waals surface area contributed by atoms with E-state index in [1.165, 1.54) is 11.3 Å². The minimum atomic E-state index is -0.333. The molecule has 4 aromatic rings. The van der Waals surface area contributed by atoms with Crippen molar-refractivity contribution in [3.63, 3.8) is 0 Å². The van der Waals surface area contributed by atoms with Crippen LogP contribution >= 0.6 is 22.9 Å². The van der Waals surface area contributed by atoms with Crippen molar-refractivity contribution < 1.29 is 4.79 Å². The molecule has 0 atom stereocenters. The summed E-state index contributed by atoms with van der Waals surface area (Å²) in [6.45, 7) is 0. The van der Waals surface area contributed by atoms with E-state index in [1.807, 2.05) is 24.3 Å². The van der Waals surface area contributed by atoms with Crippen molar-refractivity contribution in [3.8, 4) is 0 Å². The number of carbonyl (C=O) groups excluding carboxylic acids is 1. The summed E-state index contributed by atoms with van der Waals surface area (Å²) in [5.41, 5.74) is 1.57. The second-order valence-corrected chi connectivity index (χ2v) is 6.71. The molecule has 118 valence electrons. The molecule has 0 aliphatic rings. The number of thiazole rings is 1. The van der Waals surface area contributed by atoms with Crippen LogP contribution in [0.3, 0.4) is 0 Å². The van der Waals surface area contributed by atoms with Crippen LogP contribution in [-0.4, -0.2) is 11.0 Å². The van der Waals surface area contributed by atoms with Gasteiger partial charge in [-0.3, -0.25) is 5.32 Å². The highest BCUT2D eigenvalue weighted by molar-refractivity contribution is 7.22. The zero-order valence-corrected chi connectivity index (χ0v) is 14.0. The molecule has 0 bridgehead atoms. The molecule has 0 aliphatic carbocycles. The van der Waals surface area contributed by atoms with Gasteiger partial charge in [0.2, 0.25) is 0 Å². The van der Waals surface area contributed by atoms with Crippen LogP contribution in [0.15, 0.2) is 60.7 Å². The van der Waals surface area contributed by atoms with Crippen LogP contribution < -0.4 is 10.6 Å². The number of urea groups is 1. The van der Waals surface area contributed by atoms with E-state index in [4.69, 9.17) is 11.6 Å². The third-order valence-electron chi connectivity index (χ3n) is 3.61. The van der Waals surface area contributed by atoms with Gasteiger partial charge in [-0.15, -0.1) is 0 Å². The largest absolute Gasteiger partial charge is 0.325 e. The number of hydrogen-bond acceptors (Lipinski definition) is 3. The average Bonchev–Trinajstić information content (AvgIpc) is 2.99. The molecule has 0 unspecified atom stereocenters. The van der Waals surface area contributed by atoms with Crippen molar-refractivity contribution >= 4 is 60.8 Å². The fourth-order valence-corrected chi connectivity index (χ4v) is 3.51. The van der Waals surface area contributed by atoms with Crippen molar-refractivity contribution in [2.45, 2.75) is 0 Å². The summed E-state index contributed by atoms with van der Waals surface area (Å²) < 4.78 is 1.04. The molecule has 0 aliphatic heterocycles. The van der Waals surface area contributed by atoms with Gasteiger partial charge >= 0.3 is 6.03 Å². The van der Waals surface area contributed by atoms with E-state index in [2.05, 4.69) is 27.8 Å². The quantitative estimate of drug-likeness (QED) is 0.482. The number of anilines is 2. The van der Waals surface area contributed by atoms with E-state index in [9.17, 15) is 4.79 Å². The fraction of sp³-hybridized carbons (Fsp3) is 0. The van der Waals surface area contributed by atoms with E-state index in [0.29, 0.717) is 15.8 Å². The first-order chi connectivity index (χ1) is 11.7. The summed E-state index contributed by atoms with van der Waals surface area (Å²) in [6.07, 6.45) is 0. The number of aromatic nitrogens is 1. The number of fused-ring (bicyclic) bond motifs is 3. The van der Waals surface area contributed by atoms with E-state index in [1.54, 1.807) is 24.3 Å². The average molecular weight is 354 g/mol. The smallest absolute Gasteiger partial charge is 0.308 e. The van der Waals surface area contributed by atoms with Gasteiger partial charge in [0.1, 0.15) is 0 Å². The Morgan fingerprint density at radius 3 is 2.58 bits per heavy atom. The van der Waals surface area contributed by atoms with Crippen molar-refractivity contribution in [1.29, 1.82) is 0 Å². The first-order valence-corrected chi connectivity index (χ1v) is 8.50. The van der Waals surface area contributed by atoms with Crippen LogP contribution in [0, 0.1) is 0 Å². The van der Waals surface area contributed by atoms with Crippen LogP contribution in [0.1, 0.15) is 0 Å². The third-order valence-corrected chi connectivity index (χ3v) is 4.79. The second kappa shape index (κ2) is 6.11. The van der Waals surface area contributed by atoms with Crippen LogP contribution in [0.25, 0.3) is 21.0 Å². The number of hydrogen-bond donors (Lipinski definition) is 2. The number of rotatable bonds is 2. The Hall–Kier alpha value is -2.63. The van der Waals surface area contributed by atoms with Gasteiger partial charge in [0.25, 0.3) is 0 Å². The molecular weight excluding hydrogens is 342 g/mol.